The van der Waals surface area contributed by atoms with Gasteiger partial charge in [0.1, 0.15) is 0 Å². The topological polar surface area (TPSA) is 104 Å². The Morgan fingerprint density at radius 3 is 2.74 bits per heavy atom. The van der Waals surface area contributed by atoms with E-state index in [1.165, 1.54) is 29.5 Å². The van der Waals surface area contributed by atoms with E-state index in [9.17, 15) is 19.7 Å². The van der Waals surface area contributed by atoms with Gasteiger partial charge in [0.05, 0.1) is 10.5 Å². The lowest BCUT2D eigenvalue weighted by Crippen LogP contribution is -2.15. The molecule has 0 radical (unpaired) electrons. The maximum Gasteiger partial charge on any atom is 0.338 e. The minimum absolute atomic E-state index is 0.0188. The first kappa shape index (κ1) is 18.5. The van der Waals surface area contributed by atoms with Crippen molar-refractivity contribution in [3.05, 3.63) is 74.5 Å². The lowest BCUT2D eigenvalue weighted by atomic mass is 10.1. The van der Waals surface area contributed by atoms with Crippen LogP contribution in [0.5, 0.6) is 0 Å². The van der Waals surface area contributed by atoms with Crippen molar-refractivity contribution in [3.8, 4) is 5.13 Å². The van der Waals surface area contributed by atoms with Gasteiger partial charge in [-0.3, -0.25) is 19.5 Å². The lowest BCUT2D eigenvalue weighted by Gasteiger charge is -2.06. The maximum absolute atomic E-state index is 12.5. The molecule has 0 spiro atoms. The average Bonchev–Trinajstić information content (AvgIpc) is 3.27. The molecule has 9 heteroatoms. The van der Waals surface area contributed by atoms with Crippen LogP contribution in [-0.4, -0.2) is 32.8 Å². The van der Waals surface area contributed by atoms with Gasteiger partial charge in [-0.05, 0) is 26.0 Å². The number of nitro groups is 1. The van der Waals surface area contributed by atoms with Crippen molar-refractivity contribution in [1.82, 2.24) is 9.55 Å². The minimum Gasteiger partial charge on any atom is -0.454 e. The van der Waals surface area contributed by atoms with Crippen molar-refractivity contribution in [2.24, 2.45) is 0 Å². The van der Waals surface area contributed by atoms with Gasteiger partial charge in [-0.2, -0.15) is 0 Å². The molecule has 0 aliphatic rings. The van der Waals surface area contributed by atoms with E-state index in [-0.39, 0.29) is 17.0 Å². The first-order valence-electron chi connectivity index (χ1n) is 7.92. The molecule has 0 N–H and O–H groups in total. The van der Waals surface area contributed by atoms with Crippen molar-refractivity contribution in [3.63, 3.8) is 0 Å². The molecule has 27 heavy (non-hydrogen) atoms. The Bertz CT molecular complexity index is 1020. The predicted octanol–water partition coefficient (Wildman–Crippen LogP) is 3.50. The number of non-ortho nitro benzene ring substituents is 1. The number of thiazole rings is 1. The van der Waals surface area contributed by atoms with E-state index in [1.807, 2.05) is 16.9 Å². The Kier molecular flexibility index (Phi) is 5.13. The van der Waals surface area contributed by atoms with Gasteiger partial charge >= 0.3 is 5.97 Å². The molecule has 0 aliphatic carbocycles. The van der Waals surface area contributed by atoms with Crippen LogP contribution >= 0.6 is 11.3 Å². The van der Waals surface area contributed by atoms with Crippen molar-refractivity contribution in [2.45, 2.75) is 13.8 Å². The minimum atomic E-state index is -0.791. The van der Waals surface area contributed by atoms with Crippen molar-refractivity contribution in [1.29, 1.82) is 0 Å². The number of carbonyl (C=O) groups is 2. The number of ether oxygens (including phenoxy) is 1. The van der Waals surface area contributed by atoms with Crippen LogP contribution in [0.15, 0.2) is 41.9 Å². The fourth-order valence-corrected chi connectivity index (χ4v) is 3.46. The van der Waals surface area contributed by atoms with E-state index >= 15 is 0 Å². The van der Waals surface area contributed by atoms with Gasteiger partial charge in [-0.1, -0.05) is 6.07 Å². The zero-order chi connectivity index (χ0) is 19.6. The highest BCUT2D eigenvalue weighted by Gasteiger charge is 2.20. The number of Topliss-reactive ketones (excluding diaryl/α,β-unsaturated/α-hetero) is 1. The molecule has 3 rings (SSSR count). The molecule has 0 unspecified atom stereocenters. The number of carbonyl (C=O) groups excluding carboxylic acids is 2. The number of nitro benzene ring substituents is 1. The van der Waals surface area contributed by atoms with E-state index in [4.69, 9.17) is 4.74 Å². The predicted molar refractivity (Wildman–Crippen MR) is 98.6 cm³/mol. The van der Waals surface area contributed by atoms with E-state index in [0.717, 1.165) is 16.9 Å². The number of esters is 1. The van der Waals surface area contributed by atoms with Gasteiger partial charge in [0, 0.05) is 40.7 Å². The van der Waals surface area contributed by atoms with E-state index in [1.54, 1.807) is 19.2 Å². The second-order valence-corrected chi connectivity index (χ2v) is 6.61. The molecule has 3 aromatic rings. The van der Waals surface area contributed by atoms with Crippen LogP contribution < -0.4 is 0 Å². The van der Waals surface area contributed by atoms with Gasteiger partial charge in [-0.15, -0.1) is 11.3 Å². The SMILES string of the molecule is Cc1cc(C(=O)COC(=O)c2cccc([N+](=O)[O-])c2)c(C)n1-c1nccs1. The van der Waals surface area contributed by atoms with Crippen LogP contribution in [0, 0.1) is 24.0 Å². The van der Waals surface area contributed by atoms with Crippen LogP contribution in [0.3, 0.4) is 0 Å². The molecule has 0 saturated heterocycles. The normalized spacial score (nSPS) is 10.6. The summed E-state index contributed by atoms with van der Waals surface area (Å²) in [6.07, 6.45) is 1.68. The third-order valence-electron chi connectivity index (χ3n) is 3.97. The molecule has 0 amide bonds. The fourth-order valence-electron chi connectivity index (χ4n) is 2.70. The molecule has 138 valence electrons. The molecule has 2 heterocycles. The lowest BCUT2D eigenvalue weighted by molar-refractivity contribution is -0.384. The Balaban J connectivity index is 1.73. The van der Waals surface area contributed by atoms with Gasteiger partial charge < -0.3 is 4.74 Å². The van der Waals surface area contributed by atoms with E-state index < -0.39 is 17.5 Å². The summed E-state index contributed by atoms with van der Waals surface area (Å²) < 4.78 is 6.90. The van der Waals surface area contributed by atoms with Crippen LogP contribution in [-0.2, 0) is 4.74 Å². The molecule has 2 aromatic heterocycles. The summed E-state index contributed by atoms with van der Waals surface area (Å²) in [5.41, 5.74) is 1.79. The highest BCUT2D eigenvalue weighted by molar-refractivity contribution is 7.12. The quantitative estimate of drug-likeness (QED) is 0.278. The first-order chi connectivity index (χ1) is 12.9. The first-order valence-corrected chi connectivity index (χ1v) is 8.80. The summed E-state index contributed by atoms with van der Waals surface area (Å²) in [4.78, 5) is 39.0. The molecule has 8 nitrogen and oxygen atoms in total. The Labute approximate surface area is 158 Å². The molecule has 0 atom stereocenters. The number of nitrogens with zero attached hydrogens (tertiary/aromatic N) is 3. The summed E-state index contributed by atoms with van der Waals surface area (Å²) >= 11 is 1.45. The van der Waals surface area contributed by atoms with Gasteiger partial charge in [0.25, 0.3) is 5.69 Å². The number of aromatic nitrogens is 2. The number of hydrogen-bond acceptors (Lipinski definition) is 7. The number of benzene rings is 1. The van der Waals surface area contributed by atoms with E-state index in [0.29, 0.717) is 11.3 Å². The second-order valence-electron chi connectivity index (χ2n) is 5.74. The number of ketones is 1. The Hall–Kier alpha value is -3.33. The summed E-state index contributed by atoms with van der Waals surface area (Å²) in [5, 5.41) is 13.4. The molecule has 0 aliphatic heterocycles. The summed E-state index contributed by atoms with van der Waals surface area (Å²) in [6.45, 7) is 3.20. The van der Waals surface area contributed by atoms with Crippen LogP contribution in [0.4, 0.5) is 5.69 Å². The van der Waals surface area contributed by atoms with Crippen LogP contribution in [0.1, 0.15) is 32.1 Å². The third-order valence-corrected chi connectivity index (χ3v) is 4.73. The number of aryl methyl sites for hydroxylation is 1. The maximum atomic E-state index is 12.5. The second kappa shape index (κ2) is 7.50. The molecular formula is C18H15N3O5S. The zero-order valence-corrected chi connectivity index (χ0v) is 15.4. The van der Waals surface area contributed by atoms with Crippen LogP contribution in [0.25, 0.3) is 5.13 Å². The standard InChI is InChI=1S/C18H15N3O5S/c1-11-8-15(12(2)20(11)18-19-6-7-27-18)16(22)10-26-17(23)13-4-3-5-14(9-13)21(24)25/h3-9H,10H2,1-2H3. The van der Waals surface area contributed by atoms with Gasteiger partial charge in [0.15, 0.2) is 11.7 Å². The monoisotopic (exact) mass is 385 g/mol. The zero-order valence-electron chi connectivity index (χ0n) is 14.5. The molecular weight excluding hydrogens is 370 g/mol. The highest BCUT2D eigenvalue weighted by atomic mass is 32.1. The Morgan fingerprint density at radius 1 is 1.30 bits per heavy atom. The summed E-state index contributed by atoms with van der Waals surface area (Å²) in [5.74, 6) is -1.15. The summed E-state index contributed by atoms with van der Waals surface area (Å²) in [7, 11) is 0. The van der Waals surface area contributed by atoms with Gasteiger partial charge in [0.2, 0.25) is 5.78 Å². The van der Waals surface area contributed by atoms with Crippen molar-refractivity contribution >= 4 is 28.8 Å². The molecule has 0 bridgehead atoms. The number of hydrogen-bond donors (Lipinski definition) is 0. The van der Waals surface area contributed by atoms with Crippen molar-refractivity contribution in [2.75, 3.05) is 6.61 Å². The largest absolute Gasteiger partial charge is 0.454 e. The molecule has 0 fully saturated rings. The third kappa shape index (κ3) is 3.77. The van der Waals surface area contributed by atoms with Gasteiger partial charge in [-0.25, -0.2) is 9.78 Å². The summed E-state index contributed by atoms with van der Waals surface area (Å²) in [6, 6.07) is 6.89. The molecule has 1 aromatic carbocycles. The fraction of sp³-hybridized carbons (Fsp3) is 0.167. The number of rotatable bonds is 6. The molecule has 0 saturated carbocycles. The highest BCUT2D eigenvalue weighted by Crippen LogP contribution is 2.23. The van der Waals surface area contributed by atoms with E-state index in [2.05, 4.69) is 4.98 Å². The van der Waals surface area contributed by atoms with Crippen LogP contribution in [0.2, 0.25) is 0 Å². The smallest absolute Gasteiger partial charge is 0.338 e. The van der Waals surface area contributed by atoms with Crippen molar-refractivity contribution < 1.29 is 19.2 Å². The average molecular weight is 385 g/mol. The Morgan fingerprint density at radius 2 is 2.07 bits per heavy atom.